The molecule has 2 aromatic rings. The van der Waals surface area contributed by atoms with Gasteiger partial charge in [-0.15, -0.1) is 0 Å². The van der Waals surface area contributed by atoms with Crippen LogP contribution >= 0.6 is 0 Å². The average molecular weight is 591 g/mol. The molecule has 0 atom stereocenters. The Morgan fingerprint density at radius 3 is 1.17 bits per heavy atom. The molecule has 0 unspecified atom stereocenters. The third kappa shape index (κ3) is 19.8. The van der Waals surface area contributed by atoms with Crippen LogP contribution in [0.15, 0.2) is 36.4 Å². The molecule has 0 aliphatic heterocycles. The summed E-state index contributed by atoms with van der Waals surface area (Å²) in [5.41, 5.74) is 3.31. The van der Waals surface area contributed by atoms with Crippen molar-refractivity contribution in [2.45, 2.75) is 194 Å². The molecule has 2 rings (SSSR count). The standard InChI is InChI=1S/C40H68.Ca.2H/c1-3-5-7-9-11-13-15-17-19-21-23-25-27-31-37-35-36-38-32-29-30-34-40(38)39(37)33-28-26-24-22-20-18-16-14-12-10-8-6-4-2;;;/h29-30,32,34-36H,3-28,31,33H2,1-2H3;;;. The first kappa shape index (κ1) is 39.0. The van der Waals surface area contributed by atoms with Crippen molar-refractivity contribution in [3.05, 3.63) is 47.5 Å². The molecule has 0 aliphatic rings. The number of unbranched alkanes of at least 4 members (excludes halogenated alkanes) is 24. The van der Waals surface area contributed by atoms with Gasteiger partial charge in [0.1, 0.15) is 0 Å². The molecule has 0 radical (unpaired) electrons. The van der Waals surface area contributed by atoms with E-state index in [1.807, 2.05) is 0 Å². The minimum absolute atomic E-state index is 0. The number of hydrogen-bond acceptors (Lipinski definition) is 0. The Labute approximate surface area is 287 Å². The molecule has 2 aromatic carbocycles. The van der Waals surface area contributed by atoms with Crippen molar-refractivity contribution < 1.29 is 0 Å². The zero-order chi connectivity index (χ0) is 28.4. The van der Waals surface area contributed by atoms with Gasteiger partial charge in [-0.3, -0.25) is 0 Å². The number of fused-ring (bicyclic) bond motifs is 1. The average Bonchev–Trinajstić information content (AvgIpc) is 2.98. The van der Waals surface area contributed by atoms with Gasteiger partial charge in [-0.05, 0) is 47.6 Å². The van der Waals surface area contributed by atoms with E-state index in [4.69, 9.17) is 0 Å². The number of hydrogen-bond donors (Lipinski definition) is 0. The van der Waals surface area contributed by atoms with Crippen LogP contribution in [0.2, 0.25) is 0 Å². The molecule has 0 saturated carbocycles. The zero-order valence-corrected chi connectivity index (χ0v) is 27.3. The molecule has 0 fully saturated rings. The molecule has 0 nitrogen and oxygen atoms in total. The summed E-state index contributed by atoms with van der Waals surface area (Å²) >= 11 is 0. The predicted octanol–water partition coefficient (Wildman–Crippen LogP) is 13.2. The first-order valence-corrected chi connectivity index (χ1v) is 18.4. The SMILES string of the molecule is CCCCCCCCCCCCCCCc1ccc2ccccc2c1CCCCCCCCCCCCCCC.[CaH2]. The molecule has 0 saturated heterocycles. The minimum atomic E-state index is 0. The second-order valence-electron chi connectivity index (χ2n) is 12.9. The van der Waals surface area contributed by atoms with Crippen LogP contribution in [0, 0.1) is 0 Å². The van der Waals surface area contributed by atoms with Crippen molar-refractivity contribution in [3.63, 3.8) is 0 Å². The van der Waals surface area contributed by atoms with Gasteiger partial charge >= 0.3 is 37.7 Å². The van der Waals surface area contributed by atoms with Gasteiger partial charge in [0.2, 0.25) is 0 Å². The molecule has 0 heterocycles. The number of rotatable bonds is 28. The van der Waals surface area contributed by atoms with E-state index in [-0.39, 0.29) is 37.7 Å². The van der Waals surface area contributed by atoms with Gasteiger partial charge in [0.05, 0.1) is 0 Å². The van der Waals surface area contributed by atoms with Crippen LogP contribution in [0.1, 0.15) is 192 Å². The van der Waals surface area contributed by atoms with E-state index in [9.17, 15) is 0 Å². The fourth-order valence-electron chi connectivity index (χ4n) is 6.56. The molecule has 1 heteroatoms. The zero-order valence-electron chi connectivity index (χ0n) is 27.3. The topological polar surface area (TPSA) is 0 Å². The Kier molecular flexibility index (Phi) is 27.3. The Morgan fingerprint density at radius 2 is 0.732 bits per heavy atom. The maximum atomic E-state index is 2.46. The second kappa shape index (κ2) is 28.7. The summed E-state index contributed by atoms with van der Waals surface area (Å²) < 4.78 is 0. The third-order valence-corrected chi connectivity index (χ3v) is 9.22. The Balaban J connectivity index is 0.00000840. The van der Waals surface area contributed by atoms with Crippen molar-refractivity contribution in [2.75, 3.05) is 0 Å². The number of benzene rings is 2. The quantitative estimate of drug-likeness (QED) is 0.0683. The molecule has 0 spiro atoms. The molecule has 0 aliphatic carbocycles. The molecular weight excluding hydrogens is 521 g/mol. The molecule has 0 N–H and O–H groups in total. The van der Waals surface area contributed by atoms with E-state index in [1.165, 1.54) is 191 Å². The van der Waals surface area contributed by atoms with Crippen molar-refractivity contribution >= 4 is 48.5 Å². The van der Waals surface area contributed by atoms with E-state index >= 15 is 0 Å². The first-order chi connectivity index (χ1) is 19.9. The van der Waals surface area contributed by atoms with Gasteiger partial charge in [0, 0.05) is 0 Å². The Hall–Kier alpha value is -0.0403. The van der Waals surface area contributed by atoms with E-state index in [1.54, 1.807) is 11.1 Å². The monoisotopic (exact) mass is 591 g/mol. The summed E-state index contributed by atoms with van der Waals surface area (Å²) in [5, 5.41) is 2.95. The fourth-order valence-corrected chi connectivity index (χ4v) is 6.56. The van der Waals surface area contributed by atoms with Crippen LogP contribution in [0.25, 0.3) is 10.8 Å². The van der Waals surface area contributed by atoms with E-state index in [2.05, 4.69) is 50.2 Å². The van der Waals surface area contributed by atoms with Crippen LogP contribution in [0.4, 0.5) is 0 Å². The van der Waals surface area contributed by atoms with Gasteiger partial charge in [0.15, 0.2) is 0 Å². The van der Waals surface area contributed by atoms with Gasteiger partial charge in [0.25, 0.3) is 0 Å². The van der Waals surface area contributed by atoms with E-state index in [0.29, 0.717) is 0 Å². The first-order valence-electron chi connectivity index (χ1n) is 18.4. The third-order valence-electron chi connectivity index (χ3n) is 9.22. The van der Waals surface area contributed by atoms with E-state index < -0.39 is 0 Å². The maximum absolute atomic E-state index is 2.46. The van der Waals surface area contributed by atoms with Gasteiger partial charge < -0.3 is 0 Å². The molecule has 0 aromatic heterocycles. The van der Waals surface area contributed by atoms with Gasteiger partial charge in [-0.1, -0.05) is 204 Å². The molecule has 232 valence electrons. The fraction of sp³-hybridized carbons (Fsp3) is 0.750. The van der Waals surface area contributed by atoms with Crippen LogP contribution in [-0.2, 0) is 12.8 Å². The van der Waals surface area contributed by atoms with Crippen LogP contribution in [-0.4, -0.2) is 37.7 Å². The molecule has 0 bridgehead atoms. The summed E-state index contributed by atoms with van der Waals surface area (Å²) in [7, 11) is 0. The van der Waals surface area contributed by atoms with E-state index in [0.717, 1.165) is 0 Å². The van der Waals surface area contributed by atoms with Crippen LogP contribution in [0.3, 0.4) is 0 Å². The molecule has 0 amide bonds. The molecule has 41 heavy (non-hydrogen) atoms. The summed E-state index contributed by atoms with van der Waals surface area (Å²) in [6.07, 6.45) is 39.8. The van der Waals surface area contributed by atoms with Crippen molar-refractivity contribution in [1.82, 2.24) is 0 Å². The normalized spacial score (nSPS) is 11.3. The second-order valence-corrected chi connectivity index (χ2v) is 12.9. The number of aryl methyl sites for hydroxylation is 2. The van der Waals surface area contributed by atoms with Crippen LogP contribution in [0.5, 0.6) is 0 Å². The summed E-state index contributed by atoms with van der Waals surface area (Å²) in [6.45, 7) is 4.61. The van der Waals surface area contributed by atoms with Gasteiger partial charge in [-0.2, -0.15) is 0 Å². The van der Waals surface area contributed by atoms with Crippen molar-refractivity contribution in [2.24, 2.45) is 0 Å². The summed E-state index contributed by atoms with van der Waals surface area (Å²) in [6, 6.07) is 14.0. The summed E-state index contributed by atoms with van der Waals surface area (Å²) in [5.74, 6) is 0. The Morgan fingerprint density at radius 1 is 0.366 bits per heavy atom. The van der Waals surface area contributed by atoms with Gasteiger partial charge in [-0.25, -0.2) is 0 Å². The van der Waals surface area contributed by atoms with Crippen LogP contribution < -0.4 is 0 Å². The predicted molar refractivity (Wildman–Crippen MR) is 191 cm³/mol. The summed E-state index contributed by atoms with van der Waals surface area (Å²) in [4.78, 5) is 0. The Bertz CT molecular complexity index is 825. The molecular formula is C40H70Ca. The van der Waals surface area contributed by atoms with Crippen molar-refractivity contribution in [1.29, 1.82) is 0 Å². The van der Waals surface area contributed by atoms with Crippen molar-refractivity contribution in [3.8, 4) is 0 Å².